The van der Waals surface area contributed by atoms with E-state index < -0.39 is 13.7 Å². The molecule has 3 aromatic rings. The summed E-state index contributed by atoms with van der Waals surface area (Å²) in [6.45, 7) is 14.3. The van der Waals surface area contributed by atoms with Gasteiger partial charge in [0.25, 0.3) is 0 Å². The number of benzene rings is 2. The lowest BCUT2D eigenvalue weighted by molar-refractivity contribution is -0.118. The highest BCUT2D eigenvalue weighted by Crippen LogP contribution is 2.51. The van der Waals surface area contributed by atoms with E-state index in [0.29, 0.717) is 26.7 Å². The van der Waals surface area contributed by atoms with E-state index in [0.717, 1.165) is 53.3 Å². The van der Waals surface area contributed by atoms with Crippen molar-refractivity contribution in [2.45, 2.75) is 76.5 Å². The van der Waals surface area contributed by atoms with Crippen molar-refractivity contribution in [2.75, 3.05) is 18.7 Å². The molecule has 228 valence electrons. The Hall–Kier alpha value is -2.72. The van der Waals surface area contributed by atoms with E-state index in [2.05, 4.69) is 50.3 Å². The molecule has 43 heavy (non-hydrogen) atoms. The Morgan fingerprint density at radius 2 is 1.86 bits per heavy atom. The van der Waals surface area contributed by atoms with Gasteiger partial charge in [-0.05, 0) is 73.3 Å². The van der Waals surface area contributed by atoms with Crippen molar-refractivity contribution in [3.63, 3.8) is 0 Å². The number of ether oxygens (including phenoxy) is 2. The van der Waals surface area contributed by atoms with E-state index in [9.17, 15) is 4.79 Å². The molecule has 3 heterocycles. The van der Waals surface area contributed by atoms with Crippen molar-refractivity contribution in [1.29, 1.82) is 0 Å². The van der Waals surface area contributed by atoms with Crippen molar-refractivity contribution in [3.8, 4) is 11.5 Å². The van der Waals surface area contributed by atoms with Crippen LogP contribution in [0.3, 0.4) is 0 Å². The quantitative estimate of drug-likeness (QED) is 0.244. The van der Waals surface area contributed by atoms with Crippen molar-refractivity contribution in [2.24, 2.45) is 0 Å². The summed E-state index contributed by atoms with van der Waals surface area (Å²) in [7, 11) is -1.99. The van der Waals surface area contributed by atoms with E-state index >= 15 is 0 Å². The highest BCUT2D eigenvalue weighted by molar-refractivity contribution is 7.16. The molecule has 2 aliphatic heterocycles. The molecule has 0 unspecified atom stereocenters. The Labute approximate surface area is 268 Å². The molecule has 1 fully saturated rings. The van der Waals surface area contributed by atoms with Crippen LogP contribution in [-0.2, 0) is 14.6 Å². The zero-order valence-corrected chi connectivity index (χ0v) is 28.7. The fraction of sp³-hybridized carbons (Fsp3) is 0.438. The summed E-state index contributed by atoms with van der Waals surface area (Å²) in [6.07, 6.45) is 4.52. The monoisotopic (exact) mass is 657 g/mol. The summed E-state index contributed by atoms with van der Waals surface area (Å²) < 4.78 is 17.7. The second-order valence-electron chi connectivity index (χ2n) is 13.1. The first kappa shape index (κ1) is 30.3. The lowest BCUT2D eigenvalue weighted by Gasteiger charge is -2.36. The average Bonchev–Trinajstić information content (AvgIpc) is 3.21. The van der Waals surface area contributed by atoms with Crippen molar-refractivity contribution in [1.82, 2.24) is 9.88 Å². The van der Waals surface area contributed by atoms with E-state index in [-0.39, 0.29) is 23.8 Å². The minimum atomic E-state index is -1.99. The first-order chi connectivity index (χ1) is 20.3. The van der Waals surface area contributed by atoms with E-state index in [4.69, 9.17) is 42.1 Å². The topological polar surface area (TPSA) is 72.9 Å². The molecule has 7 nitrogen and oxygen atoms in total. The van der Waals surface area contributed by atoms with Gasteiger partial charge in [0.2, 0.25) is 21.0 Å². The molecule has 11 heteroatoms. The lowest BCUT2D eigenvalue weighted by atomic mass is 9.94. The van der Waals surface area contributed by atoms with Crippen LogP contribution < -0.4 is 14.8 Å². The maximum absolute atomic E-state index is 13.7. The van der Waals surface area contributed by atoms with Gasteiger partial charge < -0.3 is 24.1 Å². The first-order valence-corrected chi connectivity index (χ1v) is 19.0. The number of carbonyl (C=O) groups is 1. The fourth-order valence-corrected chi connectivity index (χ4v) is 7.92. The number of hydrogen-bond donors (Lipinski definition) is 1. The molecule has 1 N–H and O–H groups in total. The molecule has 2 aromatic carbocycles. The van der Waals surface area contributed by atoms with Gasteiger partial charge in [-0.3, -0.25) is 4.79 Å². The summed E-state index contributed by atoms with van der Waals surface area (Å²) in [4.78, 5) is 21.8. The van der Waals surface area contributed by atoms with Crippen LogP contribution in [0, 0.1) is 6.92 Å². The van der Waals surface area contributed by atoms with Crippen LogP contribution in [0.5, 0.6) is 11.5 Å². The van der Waals surface area contributed by atoms with Crippen molar-refractivity contribution >= 4 is 53.9 Å². The number of nitrogens with zero attached hydrogens (tertiary/aromatic N) is 2. The van der Waals surface area contributed by atoms with Crippen LogP contribution in [0.25, 0.3) is 0 Å². The van der Waals surface area contributed by atoms with E-state index in [1.54, 1.807) is 0 Å². The van der Waals surface area contributed by atoms with Gasteiger partial charge in [0, 0.05) is 19.2 Å². The lowest BCUT2D eigenvalue weighted by Crippen LogP contribution is -2.40. The third-order valence-electron chi connectivity index (χ3n) is 9.12. The van der Waals surface area contributed by atoms with Gasteiger partial charge in [0.15, 0.2) is 16.6 Å². The SMILES string of the molecule is Cc1nc(NC(=O)C2(c3ccc4c(c3)OCO4)CC2)sc1[C@@H](c1ccc(Cl)c(Cl)c1)N1C=C(O[Si](C)(C)C(C)(C)C)CC1. The van der Waals surface area contributed by atoms with E-state index in [1.165, 1.54) is 11.3 Å². The fourth-order valence-electron chi connectivity index (χ4n) is 5.39. The molecule has 0 radical (unpaired) electrons. The molecule has 3 aliphatic rings. The average molecular weight is 659 g/mol. The normalized spacial score (nSPS) is 18.0. The van der Waals surface area contributed by atoms with Gasteiger partial charge >= 0.3 is 0 Å². The Kier molecular flexibility index (Phi) is 7.76. The third kappa shape index (κ3) is 5.77. The number of nitrogens with one attached hydrogen (secondary N) is 1. The van der Waals surface area contributed by atoms with Crippen LogP contribution in [0.15, 0.2) is 48.4 Å². The predicted octanol–water partition coefficient (Wildman–Crippen LogP) is 8.82. The highest BCUT2D eigenvalue weighted by Gasteiger charge is 2.52. The van der Waals surface area contributed by atoms with E-state index in [1.807, 2.05) is 43.3 Å². The maximum Gasteiger partial charge on any atom is 0.250 e. The van der Waals surface area contributed by atoms with Crippen LogP contribution >= 0.6 is 34.5 Å². The molecule has 1 saturated carbocycles. The van der Waals surface area contributed by atoms with Crippen molar-refractivity contribution < 1.29 is 18.7 Å². The summed E-state index contributed by atoms with van der Waals surface area (Å²) in [6, 6.07) is 11.4. The zero-order valence-electron chi connectivity index (χ0n) is 25.3. The Morgan fingerprint density at radius 3 is 2.56 bits per heavy atom. The number of amides is 1. The summed E-state index contributed by atoms with van der Waals surface area (Å²) in [5.41, 5.74) is 2.21. The van der Waals surface area contributed by atoms with Crippen LogP contribution in [-0.4, -0.2) is 37.4 Å². The molecule has 6 rings (SSSR count). The molecule has 0 bridgehead atoms. The Morgan fingerprint density at radius 1 is 1.12 bits per heavy atom. The Balaban J connectivity index is 1.29. The van der Waals surface area contributed by atoms with Gasteiger partial charge in [-0.25, -0.2) is 4.98 Å². The van der Waals surface area contributed by atoms with Gasteiger partial charge in [-0.15, -0.1) is 0 Å². The zero-order chi connectivity index (χ0) is 30.7. The smallest absolute Gasteiger partial charge is 0.250 e. The summed E-state index contributed by atoms with van der Waals surface area (Å²) in [5.74, 6) is 2.35. The molecular formula is C32H37Cl2N3O4SSi. The summed E-state index contributed by atoms with van der Waals surface area (Å²) in [5, 5.41) is 4.83. The molecular weight excluding hydrogens is 621 g/mol. The number of hydrogen-bond acceptors (Lipinski definition) is 7. The maximum atomic E-state index is 13.7. The van der Waals surface area contributed by atoms with Gasteiger partial charge in [0.1, 0.15) is 0 Å². The number of aryl methyl sites for hydroxylation is 1. The molecule has 1 amide bonds. The number of rotatable bonds is 8. The number of anilines is 1. The second kappa shape index (κ2) is 11.0. The third-order valence-corrected chi connectivity index (χ3v) is 15.4. The molecule has 0 saturated heterocycles. The standard InChI is InChI=1S/C32H37Cl2N3O4SSi/c1-19-28(42-30(35-19)36-29(38)32(12-13-32)21-8-10-25-26(16-21)40-18-39-25)27(20-7-9-23(33)24(34)15-20)37-14-11-22(17-37)41-43(5,6)31(2,3)4/h7-10,15-17,27H,11-14,18H2,1-6H3,(H,35,36,38)/t27-/m1/s1. The minimum absolute atomic E-state index is 0.0520. The molecule has 0 spiro atoms. The molecule has 1 aromatic heterocycles. The number of fused-ring (bicyclic) bond motifs is 1. The Bertz CT molecular complexity index is 1610. The van der Waals surface area contributed by atoms with Crippen LogP contribution in [0.1, 0.15) is 67.8 Å². The number of carbonyl (C=O) groups excluding carboxylic acids is 1. The second-order valence-corrected chi connectivity index (χ2v) is 19.7. The highest BCUT2D eigenvalue weighted by atomic mass is 35.5. The minimum Gasteiger partial charge on any atom is -0.545 e. The summed E-state index contributed by atoms with van der Waals surface area (Å²) >= 11 is 14.3. The number of thiazole rings is 1. The van der Waals surface area contributed by atoms with Crippen LogP contribution in [0.4, 0.5) is 5.13 Å². The van der Waals surface area contributed by atoms with Crippen LogP contribution in [0.2, 0.25) is 28.2 Å². The number of aromatic nitrogens is 1. The van der Waals surface area contributed by atoms with Gasteiger partial charge in [0.05, 0.1) is 37.8 Å². The first-order valence-electron chi connectivity index (χ1n) is 14.6. The molecule has 1 aliphatic carbocycles. The number of halogens is 2. The molecule has 1 atom stereocenters. The van der Waals surface area contributed by atoms with Gasteiger partial charge in [-0.1, -0.05) is 67.4 Å². The van der Waals surface area contributed by atoms with Gasteiger partial charge in [-0.2, -0.15) is 0 Å². The largest absolute Gasteiger partial charge is 0.545 e. The van der Waals surface area contributed by atoms with Crippen molar-refractivity contribution in [3.05, 3.63) is 80.1 Å². The predicted molar refractivity (Wildman–Crippen MR) is 175 cm³/mol.